The lowest BCUT2D eigenvalue weighted by Crippen LogP contribution is -2.56. The van der Waals surface area contributed by atoms with E-state index in [4.69, 9.17) is 5.11 Å². The van der Waals surface area contributed by atoms with Crippen LogP contribution in [0.2, 0.25) is 0 Å². The molecule has 2 aliphatic rings. The lowest BCUT2D eigenvalue weighted by atomic mass is 9.89. The van der Waals surface area contributed by atoms with Gasteiger partial charge in [0.15, 0.2) is 0 Å². The van der Waals surface area contributed by atoms with E-state index in [1.807, 2.05) is 6.92 Å². The summed E-state index contributed by atoms with van der Waals surface area (Å²) >= 11 is 0. The lowest BCUT2D eigenvalue weighted by Gasteiger charge is -2.35. The Labute approximate surface area is 114 Å². The summed E-state index contributed by atoms with van der Waals surface area (Å²) in [5, 5.41) is 12.5. The fraction of sp³-hybridized carbons (Fsp3) is 0.857. The van der Waals surface area contributed by atoms with Gasteiger partial charge in [0.25, 0.3) is 0 Å². The number of carbonyl (C=O) groups is 2. The molecule has 0 saturated carbocycles. The van der Waals surface area contributed by atoms with E-state index >= 15 is 0 Å². The molecule has 0 spiro atoms. The second kappa shape index (κ2) is 5.49. The average Bonchev–Trinajstić information content (AvgIpc) is 2.96. The first-order valence-electron chi connectivity index (χ1n) is 7.31. The van der Waals surface area contributed by atoms with Gasteiger partial charge in [-0.25, -0.2) is 0 Å². The van der Waals surface area contributed by atoms with Gasteiger partial charge in [-0.1, -0.05) is 13.3 Å². The summed E-state index contributed by atoms with van der Waals surface area (Å²) in [5.74, 6) is -1.08. The maximum atomic E-state index is 12.8. The van der Waals surface area contributed by atoms with Gasteiger partial charge in [0.1, 0.15) is 0 Å². The predicted octanol–water partition coefficient (Wildman–Crippen LogP) is 1.23. The van der Waals surface area contributed by atoms with Gasteiger partial charge in [-0.3, -0.25) is 9.59 Å². The van der Waals surface area contributed by atoms with Crippen molar-refractivity contribution in [1.82, 2.24) is 10.2 Å². The molecule has 19 heavy (non-hydrogen) atoms. The maximum Gasteiger partial charge on any atom is 0.308 e. The van der Waals surface area contributed by atoms with Crippen molar-refractivity contribution in [2.75, 3.05) is 13.1 Å². The minimum atomic E-state index is -0.785. The van der Waals surface area contributed by atoms with Crippen LogP contribution in [0.4, 0.5) is 0 Å². The van der Waals surface area contributed by atoms with Crippen molar-refractivity contribution >= 4 is 11.9 Å². The highest BCUT2D eigenvalue weighted by Crippen LogP contribution is 2.32. The van der Waals surface area contributed by atoms with Crippen LogP contribution in [-0.4, -0.2) is 46.6 Å². The summed E-state index contributed by atoms with van der Waals surface area (Å²) in [6.07, 6.45) is 4.28. The van der Waals surface area contributed by atoms with Crippen molar-refractivity contribution in [3.05, 3.63) is 0 Å². The first-order chi connectivity index (χ1) is 9.02. The summed E-state index contributed by atoms with van der Waals surface area (Å²) < 4.78 is 0. The summed E-state index contributed by atoms with van der Waals surface area (Å²) in [4.78, 5) is 25.7. The van der Waals surface area contributed by atoms with Crippen molar-refractivity contribution in [2.24, 2.45) is 5.92 Å². The normalized spacial score (nSPS) is 34.7. The standard InChI is InChI=1S/C14H24N2O3/c1-3-6-14(7-4-8-15-14)13(19)16-9-5-11(10(16)2)12(17)18/h10-11,15H,3-9H2,1-2H3,(H,17,18). The molecule has 3 unspecified atom stereocenters. The number of hydrogen-bond donors (Lipinski definition) is 2. The van der Waals surface area contributed by atoms with Crippen molar-refractivity contribution in [2.45, 2.75) is 57.5 Å². The molecule has 5 heteroatoms. The molecule has 2 N–H and O–H groups in total. The first-order valence-corrected chi connectivity index (χ1v) is 7.31. The Hall–Kier alpha value is -1.10. The summed E-state index contributed by atoms with van der Waals surface area (Å²) in [6.45, 7) is 5.40. The SMILES string of the molecule is CCCC1(C(=O)N2CCC(C(=O)O)C2C)CCCN1. The van der Waals surface area contributed by atoms with E-state index in [0.29, 0.717) is 13.0 Å². The zero-order chi connectivity index (χ0) is 14.0. The smallest absolute Gasteiger partial charge is 0.308 e. The van der Waals surface area contributed by atoms with E-state index in [-0.39, 0.29) is 11.9 Å². The third-order valence-electron chi connectivity index (χ3n) is 4.66. The van der Waals surface area contributed by atoms with Crippen molar-refractivity contribution in [3.8, 4) is 0 Å². The van der Waals surface area contributed by atoms with Crippen molar-refractivity contribution in [1.29, 1.82) is 0 Å². The molecular formula is C14H24N2O3. The molecule has 0 aromatic heterocycles. The number of hydrogen-bond acceptors (Lipinski definition) is 3. The second-order valence-corrected chi connectivity index (χ2v) is 5.83. The molecule has 0 aromatic rings. The fourth-order valence-electron chi connectivity index (χ4n) is 3.57. The van der Waals surface area contributed by atoms with Crippen LogP contribution in [0.15, 0.2) is 0 Å². The van der Waals surface area contributed by atoms with Gasteiger partial charge in [-0.2, -0.15) is 0 Å². The van der Waals surface area contributed by atoms with Crippen LogP contribution in [-0.2, 0) is 9.59 Å². The average molecular weight is 268 g/mol. The Morgan fingerprint density at radius 1 is 1.47 bits per heavy atom. The molecule has 0 aliphatic carbocycles. The third kappa shape index (κ3) is 2.48. The van der Waals surface area contributed by atoms with Gasteiger partial charge < -0.3 is 15.3 Å². The number of nitrogens with one attached hydrogen (secondary N) is 1. The molecule has 2 fully saturated rings. The summed E-state index contributed by atoms with van der Waals surface area (Å²) in [6, 6.07) is -0.193. The number of rotatable bonds is 4. The number of carboxylic acids is 1. The van der Waals surface area contributed by atoms with Crippen LogP contribution in [0.3, 0.4) is 0 Å². The molecule has 2 aliphatic heterocycles. The largest absolute Gasteiger partial charge is 0.481 e. The summed E-state index contributed by atoms with van der Waals surface area (Å²) in [7, 11) is 0. The number of carbonyl (C=O) groups excluding carboxylic acids is 1. The highest BCUT2D eigenvalue weighted by Gasteiger charge is 2.47. The maximum absolute atomic E-state index is 12.8. The van der Waals surface area contributed by atoms with Crippen LogP contribution in [0.25, 0.3) is 0 Å². The van der Waals surface area contributed by atoms with Gasteiger partial charge in [0.2, 0.25) is 5.91 Å². The predicted molar refractivity (Wildman–Crippen MR) is 71.8 cm³/mol. The van der Waals surface area contributed by atoms with Crippen molar-refractivity contribution < 1.29 is 14.7 Å². The van der Waals surface area contributed by atoms with Crippen LogP contribution >= 0.6 is 0 Å². The molecule has 2 saturated heterocycles. The molecule has 108 valence electrons. The highest BCUT2D eigenvalue weighted by atomic mass is 16.4. The van der Waals surface area contributed by atoms with Crippen LogP contribution in [0.1, 0.15) is 46.0 Å². The molecule has 2 rings (SSSR count). The Morgan fingerprint density at radius 2 is 2.21 bits per heavy atom. The number of likely N-dealkylation sites (tertiary alicyclic amines) is 1. The molecule has 0 aromatic carbocycles. The van der Waals surface area contributed by atoms with E-state index in [1.165, 1.54) is 0 Å². The van der Waals surface area contributed by atoms with E-state index in [0.717, 1.165) is 32.2 Å². The Morgan fingerprint density at radius 3 is 2.68 bits per heavy atom. The Balaban J connectivity index is 2.13. The molecule has 0 bridgehead atoms. The number of nitrogens with zero attached hydrogens (tertiary/aromatic N) is 1. The molecule has 3 atom stereocenters. The minimum absolute atomic E-state index is 0.114. The zero-order valence-corrected chi connectivity index (χ0v) is 11.8. The molecule has 0 radical (unpaired) electrons. The minimum Gasteiger partial charge on any atom is -0.481 e. The lowest BCUT2D eigenvalue weighted by molar-refractivity contribution is -0.144. The van der Waals surface area contributed by atoms with Gasteiger partial charge in [0, 0.05) is 12.6 Å². The first kappa shape index (κ1) is 14.3. The van der Waals surface area contributed by atoms with Crippen LogP contribution in [0.5, 0.6) is 0 Å². The van der Waals surface area contributed by atoms with E-state index in [1.54, 1.807) is 4.90 Å². The van der Waals surface area contributed by atoms with Crippen LogP contribution in [0, 0.1) is 5.92 Å². The Bertz CT molecular complexity index is 364. The molecular weight excluding hydrogens is 244 g/mol. The van der Waals surface area contributed by atoms with Crippen LogP contribution < -0.4 is 5.32 Å². The highest BCUT2D eigenvalue weighted by molar-refractivity contribution is 5.88. The van der Waals surface area contributed by atoms with E-state index in [2.05, 4.69) is 12.2 Å². The van der Waals surface area contributed by atoms with Crippen molar-refractivity contribution in [3.63, 3.8) is 0 Å². The fourth-order valence-corrected chi connectivity index (χ4v) is 3.57. The van der Waals surface area contributed by atoms with Gasteiger partial charge in [0.05, 0.1) is 11.5 Å². The second-order valence-electron chi connectivity index (χ2n) is 5.83. The Kier molecular flexibility index (Phi) is 4.13. The number of carboxylic acid groups (broad SMARTS) is 1. The topological polar surface area (TPSA) is 69.6 Å². The zero-order valence-electron chi connectivity index (χ0n) is 11.8. The molecule has 5 nitrogen and oxygen atoms in total. The summed E-state index contributed by atoms with van der Waals surface area (Å²) in [5.41, 5.74) is -0.434. The number of amides is 1. The van der Waals surface area contributed by atoms with E-state index < -0.39 is 17.4 Å². The van der Waals surface area contributed by atoms with Gasteiger partial charge in [-0.05, 0) is 39.2 Å². The van der Waals surface area contributed by atoms with Gasteiger partial charge in [-0.15, -0.1) is 0 Å². The monoisotopic (exact) mass is 268 g/mol. The number of aliphatic carboxylic acids is 1. The quantitative estimate of drug-likeness (QED) is 0.804. The third-order valence-corrected chi connectivity index (χ3v) is 4.66. The molecule has 1 amide bonds. The van der Waals surface area contributed by atoms with Gasteiger partial charge >= 0.3 is 5.97 Å². The molecule has 2 heterocycles. The van der Waals surface area contributed by atoms with E-state index in [9.17, 15) is 9.59 Å².